The molecule has 0 bridgehead atoms. The van der Waals surface area contributed by atoms with Gasteiger partial charge >= 0.3 is 0 Å². The van der Waals surface area contributed by atoms with Crippen LogP contribution < -0.4 is 0 Å². The molecule has 1 aromatic carbocycles. The van der Waals surface area contributed by atoms with Crippen molar-refractivity contribution in [3.05, 3.63) is 35.9 Å². The summed E-state index contributed by atoms with van der Waals surface area (Å²) in [6, 6.07) is 10.5. The van der Waals surface area contributed by atoms with Crippen molar-refractivity contribution in [2.45, 2.75) is 19.8 Å². The molecule has 0 fully saturated rings. The summed E-state index contributed by atoms with van der Waals surface area (Å²) in [6.07, 6.45) is 0. The summed E-state index contributed by atoms with van der Waals surface area (Å²) in [5, 5.41) is 0. The number of rotatable bonds is 1. The van der Waals surface area contributed by atoms with Gasteiger partial charge < -0.3 is 0 Å². The van der Waals surface area contributed by atoms with Gasteiger partial charge in [-0.05, 0) is 11.5 Å². The fourth-order valence-electron chi connectivity index (χ4n) is 0.838. The van der Waals surface area contributed by atoms with E-state index in [4.69, 9.17) is 0 Å². The minimum absolute atomic E-state index is 0. The molecule has 0 saturated carbocycles. The van der Waals surface area contributed by atoms with Gasteiger partial charge in [0.1, 0.15) is 0 Å². The molecule has 0 nitrogen and oxygen atoms in total. The SMILES string of the molecule is CC(C)c1ccccc1.[Cu].[Mg]. The summed E-state index contributed by atoms with van der Waals surface area (Å²) < 4.78 is 0. The minimum Gasteiger partial charge on any atom is -0.0622 e. The average Bonchev–Trinajstić information content (AvgIpc) is 1.90. The normalized spacial score (nSPS) is 8.27. The van der Waals surface area contributed by atoms with Gasteiger partial charge in [0.15, 0.2) is 0 Å². The largest absolute Gasteiger partial charge is 0.0622 e. The first-order valence-corrected chi connectivity index (χ1v) is 3.35. The van der Waals surface area contributed by atoms with E-state index in [0.29, 0.717) is 5.92 Å². The van der Waals surface area contributed by atoms with E-state index in [9.17, 15) is 0 Å². The zero-order valence-corrected chi connectivity index (χ0v) is 9.33. The fraction of sp³-hybridized carbons (Fsp3) is 0.333. The van der Waals surface area contributed by atoms with Crippen LogP contribution in [0.1, 0.15) is 25.3 Å². The molecular weight excluding hydrogens is 196 g/mol. The Bertz CT molecular complexity index is 172. The molecule has 0 aromatic heterocycles. The van der Waals surface area contributed by atoms with E-state index in [0.717, 1.165) is 0 Å². The quantitative estimate of drug-likeness (QED) is 0.621. The molecule has 0 N–H and O–H groups in total. The monoisotopic (exact) mass is 207 g/mol. The van der Waals surface area contributed by atoms with E-state index in [1.165, 1.54) is 5.56 Å². The first kappa shape index (κ1) is 14.1. The Morgan fingerprint density at radius 2 is 1.45 bits per heavy atom. The van der Waals surface area contributed by atoms with Crippen LogP contribution in [0.25, 0.3) is 0 Å². The van der Waals surface area contributed by atoms with Gasteiger partial charge in [0.05, 0.1) is 0 Å². The zero-order chi connectivity index (χ0) is 6.69. The molecule has 0 heterocycles. The summed E-state index contributed by atoms with van der Waals surface area (Å²) in [4.78, 5) is 0. The van der Waals surface area contributed by atoms with Crippen LogP contribution in [0.4, 0.5) is 0 Å². The van der Waals surface area contributed by atoms with Gasteiger partial charge in [-0.1, -0.05) is 44.2 Å². The molecule has 0 aliphatic heterocycles. The van der Waals surface area contributed by atoms with Crippen molar-refractivity contribution in [2.75, 3.05) is 0 Å². The average molecular weight is 208 g/mol. The van der Waals surface area contributed by atoms with E-state index in [1.54, 1.807) is 0 Å². The summed E-state index contributed by atoms with van der Waals surface area (Å²) in [5.41, 5.74) is 1.41. The van der Waals surface area contributed by atoms with Crippen molar-refractivity contribution in [3.63, 3.8) is 0 Å². The van der Waals surface area contributed by atoms with Crippen LogP contribution in [0.2, 0.25) is 0 Å². The maximum Gasteiger partial charge on any atom is 0 e. The summed E-state index contributed by atoms with van der Waals surface area (Å²) in [5.74, 6) is 0.659. The standard InChI is InChI=1S/C9H12.Cu.Mg/c1-8(2)9-6-4-3-5-7-9;;/h3-8H,1-2H3;;. The third kappa shape index (κ3) is 4.86. The van der Waals surface area contributed by atoms with Crippen molar-refractivity contribution in [1.82, 2.24) is 0 Å². The van der Waals surface area contributed by atoms with Crippen LogP contribution in [0.15, 0.2) is 30.3 Å². The van der Waals surface area contributed by atoms with Crippen LogP contribution in [0.3, 0.4) is 0 Å². The maximum atomic E-state index is 2.20. The molecule has 0 saturated heterocycles. The summed E-state index contributed by atoms with van der Waals surface area (Å²) >= 11 is 0. The predicted molar refractivity (Wildman–Crippen MR) is 46.3 cm³/mol. The molecule has 61 valence electrons. The molecule has 1 rings (SSSR count). The van der Waals surface area contributed by atoms with Crippen molar-refractivity contribution >= 4 is 23.1 Å². The smallest absolute Gasteiger partial charge is 0 e. The molecule has 1 aromatic rings. The number of hydrogen-bond donors (Lipinski definition) is 0. The Kier molecular flexibility index (Phi) is 9.16. The topological polar surface area (TPSA) is 0 Å². The maximum absolute atomic E-state index is 2.20. The number of hydrogen-bond acceptors (Lipinski definition) is 0. The minimum atomic E-state index is 0. The fourth-order valence-corrected chi connectivity index (χ4v) is 0.838. The van der Waals surface area contributed by atoms with Crippen molar-refractivity contribution in [3.8, 4) is 0 Å². The Labute approximate surface area is 95.4 Å². The second-order valence-corrected chi connectivity index (χ2v) is 2.57. The molecule has 0 unspecified atom stereocenters. The zero-order valence-electron chi connectivity index (χ0n) is 6.97. The molecule has 0 atom stereocenters. The van der Waals surface area contributed by atoms with Crippen molar-refractivity contribution in [2.24, 2.45) is 0 Å². The third-order valence-corrected chi connectivity index (χ3v) is 1.47. The Morgan fingerprint density at radius 3 is 1.73 bits per heavy atom. The Balaban J connectivity index is 0. The third-order valence-electron chi connectivity index (χ3n) is 1.47. The Morgan fingerprint density at radius 1 is 1.00 bits per heavy atom. The van der Waals surface area contributed by atoms with E-state index in [2.05, 4.69) is 38.1 Å². The first-order chi connectivity index (χ1) is 4.30. The predicted octanol–water partition coefficient (Wildman–Crippen LogP) is 2.43. The first-order valence-electron chi connectivity index (χ1n) is 3.35. The van der Waals surface area contributed by atoms with Gasteiger partial charge in [-0.3, -0.25) is 0 Å². The van der Waals surface area contributed by atoms with Crippen molar-refractivity contribution < 1.29 is 17.1 Å². The van der Waals surface area contributed by atoms with Gasteiger partial charge in [0.2, 0.25) is 0 Å². The van der Waals surface area contributed by atoms with Crippen molar-refractivity contribution in [1.29, 1.82) is 0 Å². The molecule has 0 aliphatic rings. The molecule has 11 heavy (non-hydrogen) atoms. The molecule has 3 radical (unpaired) electrons. The van der Waals surface area contributed by atoms with Gasteiger partial charge in [-0.15, -0.1) is 0 Å². The van der Waals surface area contributed by atoms with Gasteiger partial charge in [-0.25, -0.2) is 0 Å². The van der Waals surface area contributed by atoms with Crippen LogP contribution in [0.5, 0.6) is 0 Å². The van der Waals surface area contributed by atoms with E-state index >= 15 is 0 Å². The van der Waals surface area contributed by atoms with E-state index in [-0.39, 0.29) is 40.1 Å². The van der Waals surface area contributed by atoms with Crippen LogP contribution >= 0.6 is 0 Å². The molecule has 0 aliphatic carbocycles. The molecule has 0 spiro atoms. The summed E-state index contributed by atoms with van der Waals surface area (Å²) in [7, 11) is 0. The van der Waals surface area contributed by atoms with E-state index in [1.807, 2.05) is 6.07 Å². The van der Waals surface area contributed by atoms with Gasteiger partial charge in [0.25, 0.3) is 0 Å². The van der Waals surface area contributed by atoms with Gasteiger partial charge in [-0.2, -0.15) is 0 Å². The van der Waals surface area contributed by atoms with Crippen LogP contribution in [-0.2, 0) is 17.1 Å². The second kappa shape index (κ2) is 7.17. The number of benzene rings is 1. The molecular formula is C9H12CuMg. The molecule has 0 amide bonds. The van der Waals surface area contributed by atoms with E-state index < -0.39 is 0 Å². The summed E-state index contributed by atoms with van der Waals surface area (Å²) in [6.45, 7) is 4.41. The van der Waals surface area contributed by atoms with Gasteiger partial charge in [0, 0.05) is 40.1 Å². The molecule has 2 heteroatoms. The Hall–Kier alpha value is 0.506. The van der Waals surface area contributed by atoms with Crippen LogP contribution in [-0.4, -0.2) is 23.1 Å². The second-order valence-electron chi connectivity index (χ2n) is 2.57. The van der Waals surface area contributed by atoms with Crippen LogP contribution in [0, 0.1) is 0 Å².